The minimum Gasteiger partial charge on any atom is -0.478 e. The van der Waals surface area contributed by atoms with E-state index in [2.05, 4.69) is 6.58 Å². The lowest BCUT2D eigenvalue weighted by atomic mass is 10.0. The molecule has 72 valence electrons. The highest BCUT2D eigenvalue weighted by Crippen LogP contribution is 2.15. The van der Waals surface area contributed by atoms with Crippen LogP contribution < -0.4 is 0 Å². The van der Waals surface area contributed by atoms with Crippen molar-refractivity contribution in [3.05, 3.63) is 54.1 Å². The number of hydrogen-bond acceptors (Lipinski definition) is 1. The summed E-state index contributed by atoms with van der Waals surface area (Å²) in [6.45, 7) is 5.45. The lowest BCUT2D eigenvalue weighted by molar-refractivity contribution is -0.130. The van der Waals surface area contributed by atoms with Crippen molar-refractivity contribution in [3.8, 4) is 0 Å². The summed E-state index contributed by atoms with van der Waals surface area (Å²) in [7, 11) is 0. The SMILES string of the molecule is C=CC=C(C(=O)O)c1ccc(C)cc1. The normalized spacial score (nSPS) is 11.1. The van der Waals surface area contributed by atoms with Crippen LogP contribution in [-0.2, 0) is 4.79 Å². The van der Waals surface area contributed by atoms with Gasteiger partial charge in [-0.15, -0.1) is 0 Å². The van der Waals surface area contributed by atoms with Gasteiger partial charge < -0.3 is 5.11 Å². The van der Waals surface area contributed by atoms with Gasteiger partial charge in [-0.25, -0.2) is 4.79 Å². The highest BCUT2D eigenvalue weighted by Gasteiger charge is 2.07. The van der Waals surface area contributed by atoms with E-state index in [4.69, 9.17) is 5.11 Å². The Morgan fingerprint density at radius 2 is 1.93 bits per heavy atom. The third-order valence-electron chi connectivity index (χ3n) is 1.88. The van der Waals surface area contributed by atoms with Gasteiger partial charge in [-0.1, -0.05) is 42.5 Å². The highest BCUT2D eigenvalue weighted by molar-refractivity contribution is 6.15. The highest BCUT2D eigenvalue weighted by atomic mass is 16.4. The number of aliphatic carboxylic acids is 1. The summed E-state index contributed by atoms with van der Waals surface area (Å²) in [5.41, 5.74) is 2.07. The Labute approximate surface area is 83.2 Å². The fraction of sp³-hybridized carbons (Fsp3) is 0.0833. The van der Waals surface area contributed by atoms with Crippen LogP contribution in [0, 0.1) is 6.92 Å². The second-order valence-corrected chi connectivity index (χ2v) is 2.99. The van der Waals surface area contributed by atoms with Crippen LogP contribution in [0.15, 0.2) is 43.0 Å². The van der Waals surface area contributed by atoms with E-state index in [-0.39, 0.29) is 5.57 Å². The predicted molar refractivity (Wildman–Crippen MR) is 57.0 cm³/mol. The van der Waals surface area contributed by atoms with Crippen molar-refractivity contribution >= 4 is 11.5 Å². The van der Waals surface area contributed by atoms with Crippen molar-refractivity contribution in [1.29, 1.82) is 0 Å². The molecule has 1 aromatic rings. The minimum absolute atomic E-state index is 0.264. The van der Waals surface area contributed by atoms with Crippen molar-refractivity contribution in [3.63, 3.8) is 0 Å². The van der Waals surface area contributed by atoms with E-state index < -0.39 is 5.97 Å². The fourth-order valence-corrected chi connectivity index (χ4v) is 1.14. The zero-order chi connectivity index (χ0) is 10.6. The first-order valence-electron chi connectivity index (χ1n) is 4.28. The molecule has 0 atom stereocenters. The average Bonchev–Trinajstić information content (AvgIpc) is 2.15. The Balaban J connectivity index is 3.12. The first kappa shape index (κ1) is 10.3. The third kappa shape index (κ3) is 2.33. The maximum Gasteiger partial charge on any atom is 0.336 e. The molecule has 1 rings (SSSR count). The van der Waals surface area contributed by atoms with E-state index in [1.165, 1.54) is 12.2 Å². The van der Waals surface area contributed by atoms with Crippen molar-refractivity contribution in [1.82, 2.24) is 0 Å². The smallest absolute Gasteiger partial charge is 0.336 e. The molecule has 0 unspecified atom stereocenters. The number of allylic oxidation sites excluding steroid dienone is 2. The lowest BCUT2D eigenvalue weighted by Crippen LogP contribution is -1.99. The molecule has 0 aliphatic heterocycles. The van der Waals surface area contributed by atoms with Crippen molar-refractivity contribution in [2.24, 2.45) is 0 Å². The fourth-order valence-electron chi connectivity index (χ4n) is 1.14. The lowest BCUT2D eigenvalue weighted by Gasteiger charge is -2.01. The molecule has 2 nitrogen and oxygen atoms in total. The monoisotopic (exact) mass is 188 g/mol. The largest absolute Gasteiger partial charge is 0.478 e. The summed E-state index contributed by atoms with van der Waals surface area (Å²) in [6.07, 6.45) is 2.97. The maximum atomic E-state index is 10.9. The van der Waals surface area contributed by atoms with Gasteiger partial charge in [0.15, 0.2) is 0 Å². The van der Waals surface area contributed by atoms with E-state index >= 15 is 0 Å². The number of aryl methyl sites for hydroxylation is 1. The molecule has 0 aliphatic carbocycles. The van der Waals surface area contributed by atoms with Crippen LogP contribution in [0.25, 0.3) is 5.57 Å². The molecule has 0 saturated heterocycles. The van der Waals surface area contributed by atoms with Crippen LogP contribution in [-0.4, -0.2) is 11.1 Å². The van der Waals surface area contributed by atoms with Crippen LogP contribution in [0.3, 0.4) is 0 Å². The van der Waals surface area contributed by atoms with E-state index in [0.29, 0.717) is 5.56 Å². The summed E-state index contributed by atoms with van der Waals surface area (Å²) in [6, 6.07) is 7.35. The number of carboxylic acid groups (broad SMARTS) is 1. The molecular formula is C12H12O2. The molecule has 0 aromatic heterocycles. The van der Waals surface area contributed by atoms with Gasteiger partial charge in [0.05, 0.1) is 5.57 Å². The molecular weight excluding hydrogens is 176 g/mol. The number of carbonyl (C=O) groups is 1. The zero-order valence-corrected chi connectivity index (χ0v) is 8.03. The molecule has 0 fully saturated rings. The Hall–Kier alpha value is -1.83. The first-order valence-corrected chi connectivity index (χ1v) is 4.28. The molecule has 0 bridgehead atoms. The van der Waals surface area contributed by atoms with Gasteiger partial charge in [-0.05, 0) is 18.6 Å². The Morgan fingerprint density at radius 1 is 1.36 bits per heavy atom. The molecule has 2 heteroatoms. The van der Waals surface area contributed by atoms with Gasteiger partial charge in [-0.2, -0.15) is 0 Å². The molecule has 0 saturated carbocycles. The number of benzene rings is 1. The molecule has 0 radical (unpaired) electrons. The van der Waals surface area contributed by atoms with Gasteiger partial charge in [0.1, 0.15) is 0 Å². The maximum absolute atomic E-state index is 10.9. The Bertz CT molecular complexity index is 372. The Morgan fingerprint density at radius 3 is 2.36 bits per heavy atom. The molecule has 0 heterocycles. The standard InChI is InChI=1S/C12H12O2/c1-3-4-11(12(13)14)10-7-5-9(2)6-8-10/h3-8H,1H2,2H3,(H,13,14). The molecule has 0 spiro atoms. The van der Waals surface area contributed by atoms with Gasteiger partial charge in [-0.3, -0.25) is 0 Å². The summed E-state index contributed by atoms with van der Waals surface area (Å²) in [5.74, 6) is -0.936. The summed E-state index contributed by atoms with van der Waals surface area (Å²) >= 11 is 0. The van der Waals surface area contributed by atoms with Gasteiger partial charge in [0, 0.05) is 0 Å². The van der Waals surface area contributed by atoms with E-state index in [9.17, 15) is 4.79 Å². The molecule has 0 aliphatic rings. The van der Waals surface area contributed by atoms with Crippen LogP contribution in [0.4, 0.5) is 0 Å². The van der Waals surface area contributed by atoms with Crippen molar-refractivity contribution in [2.75, 3.05) is 0 Å². The average molecular weight is 188 g/mol. The summed E-state index contributed by atoms with van der Waals surface area (Å²) in [5, 5.41) is 8.91. The zero-order valence-electron chi connectivity index (χ0n) is 8.03. The molecule has 0 amide bonds. The quantitative estimate of drug-likeness (QED) is 0.584. The minimum atomic E-state index is -0.936. The van der Waals surface area contributed by atoms with Crippen molar-refractivity contribution in [2.45, 2.75) is 6.92 Å². The van der Waals surface area contributed by atoms with E-state index in [1.54, 1.807) is 12.1 Å². The molecule has 1 aromatic carbocycles. The number of hydrogen-bond donors (Lipinski definition) is 1. The first-order chi connectivity index (χ1) is 6.65. The molecule has 1 N–H and O–H groups in total. The second-order valence-electron chi connectivity index (χ2n) is 2.99. The number of rotatable bonds is 3. The number of carboxylic acids is 1. The van der Waals surface area contributed by atoms with Crippen molar-refractivity contribution < 1.29 is 9.90 Å². The van der Waals surface area contributed by atoms with E-state index in [1.807, 2.05) is 19.1 Å². The van der Waals surface area contributed by atoms with Gasteiger partial charge >= 0.3 is 5.97 Å². The van der Waals surface area contributed by atoms with Crippen LogP contribution in [0.2, 0.25) is 0 Å². The third-order valence-corrected chi connectivity index (χ3v) is 1.88. The topological polar surface area (TPSA) is 37.3 Å². The summed E-state index contributed by atoms with van der Waals surface area (Å²) < 4.78 is 0. The molecule has 14 heavy (non-hydrogen) atoms. The van der Waals surface area contributed by atoms with Gasteiger partial charge in [0.2, 0.25) is 0 Å². The van der Waals surface area contributed by atoms with Crippen LogP contribution >= 0.6 is 0 Å². The van der Waals surface area contributed by atoms with Crippen LogP contribution in [0.5, 0.6) is 0 Å². The Kier molecular flexibility index (Phi) is 3.24. The van der Waals surface area contributed by atoms with Crippen LogP contribution in [0.1, 0.15) is 11.1 Å². The second kappa shape index (κ2) is 4.42. The van der Waals surface area contributed by atoms with E-state index in [0.717, 1.165) is 5.56 Å². The summed E-state index contributed by atoms with van der Waals surface area (Å²) in [4.78, 5) is 10.9. The predicted octanol–water partition coefficient (Wildman–Crippen LogP) is 2.65. The van der Waals surface area contributed by atoms with Gasteiger partial charge in [0.25, 0.3) is 0 Å².